The maximum atomic E-state index is 12.7. The first-order chi connectivity index (χ1) is 11.6. The Labute approximate surface area is 147 Å². The predicted molar refractivity (Wildman–Crippen MR) is 95.6 cm³/mol. The monoisotopic (exact) mass is 348 g/mol. The summed E-state index contributed by atoms with van der Waals surface area (Å²) in [5.74, 6) is 2.88. The highest BCUT2D eigenvalue weighted by atomic mass is 32.2. The van der Waals surface area contributed by atoms with Gasteiger partial charge in [0.25, 0.3) is 0 Å². The van der Waals surface area contributed by atoms with Crippen molar-refractivity contribution >= 4 is 23.5 Å². The molecule has 2 aliphatic heterocycles. The van der Waals surface area contributed by atoms with E-state index in [1.165, 1.54) is 0 Å². The molecule has 2 aliphatic rings. The molecule has 0 radical (unpaired) electrons. The van der Waals surface area contributed by atoms with E-state index in [9.17, 15) is 9.59 Å². The molecule has 2 fully saturated rings. The van der Waals surface area contributed by atoms with Crippen molar-refractivity contribution in [3.05, 3.63) is 29.3 Å². The van der Waals surface area contributed by atoms with E-state index in [1.807, 2.05) is 30.0 Å². The smallest absolute Gasteiger partial charge is 0.240 e. The average Bonchev–Trinajstić information content (AvgIpc) is 3.15. The molecule has 0 spiro atoms. The highest BCUT2D eigenvalue weighted by Crippen LogP contribution is 2.26. The van der Waals surface area contributed by atoms with Gasteiger partial charge >= 0.3 is 0 Å². The molecule has 0 bridgehead atoms. The Bertz CT molecular complexity index is 621. The summed E-state index contributed by atoms with van der Waals surface area (Å²) in [5.41, 5.74) is 1.72. The van der Waals surface area contributed by atoms with Gasteiger partial charge in [-0.15, -0.1) is 11.8 Å². The number of hydrogen-bond acceptors (Lipinski definition) is 5. The number of aryl methyl sites for hydroxylation is 1. The Balaban J connectivity index is 1.58. The molecule has 2 heterocycles. The largest absolute Gasteiger partial charge is 0.496 e. The molecule has 1 aromatic rings. The summed E-state index contributed by atoms with van der Waals surface area (Å²) < 4.78 is 5.25. The average molecular weight is 348 g/mol. The van der Waals surface area contributed by atoms with Crippen molar-refractivity contribution in [3.63, 3.8) is 0 Å². The van der Waals surface area contributed by atoms with Gasteiger partial charge in [-0.05, 0) is 43.5 Å². The van der Waals surface area contributed by atoms with Crippen LogP contribution < -0.4 is 10.1 Å². The van der Waals surface area contributed by atoms with Gasteiger partial charge in [-0.2, -0.15) is 0 Å². The molecule has 0 aliphatic carbocycles. The number of amides is 1. The summed E-state index contributed by atoms with van der Waals surface area (Å²) in [5, 5.41) is 3.22. The zero-order valence-corrected chi connectivity index (χ0v) is 15.0. The second kappa shape index (κ2) is 7.57. The number of hydrogen-bond donors (Lipinski definition) is 1. The highest BCUT2D eigenvalue weighted by molar-refractivity contribution is 7.99. The summed E-state index contributed by atoms with van der Waals surface area (Å²) in [6.07, 6.45) is 1.49. The van der Waals surface area contributed by atoms with Crippen molar-refractivity contribution in [2.75, 3.05) is 31.8 Å². The Kier molecular flexibility index (Phi) is 5.46. The number of rotatable bonds is 4. The molecular weight excluding hydrogens is 324 g/mol. The normalized spacial score (nSPS) is 21.8. The number of carbonyl (C=O) groups is 2. The SMILES string of the molecule is COc1ccc(C(=O)C2CCN(C(=O)C3CSCN3)CC2)cc1C. The first-order valence-electron chi connectivity index (χ1n) is 8.39. The molecule has 0 saturated carbocycles. The zero-order valence-electron chi connectivity index (χ0n) is 14.2. The topological polar surface area (TPSA) is 58.6 Å². The van der Waals surface area contributed by atoms with Crippen molar-refractivity contribution in [3.8, 4) is 5.75 Å². The van der Waals surface area contributed by atoms with Crippen molar-refractivity contribution < 1.29 is 14.3 Å². The van der Waals surface area contributed by atoms with Gasteiger partial charge in [-0.25, -0.2) is 0 Å². The van der Waals surface area contributed by atoms with E-state index >= 15 is 0 Å². The summed E-state index contributed by atoms with van der Waals surface area (Å²) in [7, 11) is 1.63. The molecule has 1 aromatic carbocycles. The molecule has 6 heteroatoms. The number of nitrogens with one attached hydrogen (secondary N) is 1. The predicted octanol–water partition coefficient (Wildman–Crippen LogP) is 2.09. The van der Waals surface area contributed by atoms with E-state index in [1.54, 1.807) is 18.9 Å². The Morgan fingerprint density at radius 1 is 1.29 bits per heavy atom. The van der Waals surface area contributed by atoms with Crippen LogP contribution >= 0.6 is 11.8 Å². The van der Waals surface area contributed by atoms with Crippen LogP contribution in [0.2, 0.25) is 0 Å². The molecule has 1 unspecified atom stereocenters. The fraction of sp³-hybridized carbons (Fsp3) is 0.556. The van der Waals surface area contributed by atoms with Crippen LogP contribution in [0.3, 0.4) is 0 Å². The van der Waals surface area contributed by atoms with E-state index in [-0.39, 0.29) is 23.7 Å². The Morgan fingerprint density at radius 3 is 2.62 bits per heavy atom. The molecule has 130 valence electrons. The minimum atomic E-state index is -0.0495. The number of likely N-dealkylation sites (tertiary alicyclic amines) is 1. The number of benzene rings is 1. The molecule has 1 N–H and O–H groups in total. The standard InChI is InChI=1S/C18H24N2O3S/c1-12-9-14(3-4-16(12)23-2)17(21)13-5-7-20(8-6-13)18(22)15-10-24-11-19-15/h3-4,9,13,15,19H,5-8,10-11H2,1-2H3. The summed E-state index contributed by atoms with van der Waals surface area (Å²) in [4.78, 5) is 27.0. The van der Waals surface area contributed by atoms with Crippen LogP contribution in [0.5, 0.6) is 5.75 Å². The fourth-order valence-corrected chi connectivity index (χ4v) is 4.34. The number of methoxy groups -OCH3 is 1. The number of piperidine rings is 1. The lowest BCUT2D eigenvalue weighted by atomic mass is 9.88. The van der Waals surface area contributed by atoms with Crippen molar-refractivity contribution in [1.29, 1.82) is 0 Å². The van der Waals surface area contributed by atoms with Gasteiger partial charge in [0, 0.05) is 36.2 Å². The van der Waals surface area contributed by atoms with E-state index in [4.69, 9.17) is 4.74 Å². The van der Waals surface area contributed by atoms with Gasteiger partial charge in [0.05, 0.1) is 13.2 Å². The molecule has 5 nitrogen and oxygen atoms in total. The molecule has 24 heavy (non-hydrogen) atoms. The maximum Gasteiger partial charge on any atom is 0.240 e. The van der Waals surface area contributed by atoms with Crippen molar-refractivity contribution in [1.82, 2.24) is 10.2 Å². The molecular formula is C18H24N2O3S. The lowest BCUT2D eigenvalue weighted by Gasteiger charge is -2.33. The van der Waals surface area contributed by atoms with Crippen molar-refractivity contribution in [2.24, 2.45) is 5.92 Å². The van der Waals surface area contributed by atoms with Crippen LogP contribution in [0.15, 0.2) is 18.2 Å². The highest BCUT2D eigenvalue weighted by Gasteiger charge is 2.32. The number of carbonyl (C=O) groups excluding carboxylic acids is 2. The summed E-state index contributed by atoms with van der Waals surface area (Å²) in [6, 6.07) is 5.54. The number of Topliss-reactive ketones (excluding diaryl/α,β-unsaturated/α-hetero) is 1. The number of thioether (sulfide) groups is 1. The third-order valence-corrected chi connectivity index (χ3v) is 5.81. The third-order valence-electron chi connectivity index (χ3n) is 4.87. The van der Waals surface area contributed by atoms with Crippen LogP contribution in [0.25, 0.3) is 0 Å². The number of ketones is 1. The van der Waals surface area contributed by atoms with Gasteiger partial charge in [0.15, 0.2) is 5.78 Å². The van der Waals surface area contributed by atoms with Gasteiger partial charge in [-0.3, -0.25) is 14.9 Å². The first kappa shape index (κ1) is 17.3. The summed E-state index contributed by atoms with van der Waals surface area (Å²) in [6.45, 7) is 3.30. The lowest BCUT2D eigenvalue weighted by Crippen LogP contribution is -2.48. The zero-order chi connectivity index (χ0) is 17.1. The molecule has 3 rings (SSSR count). The fourth-order valence-electron chi connectivity index (χ4n) is 3.40. The van der Waals surface area contributed by atoms with Crippen LogP contribution in [-0.2, 0) is 4.79 Å². The van der Waals surface area contributed by atoms with Crippen LogP contribution in [-0.4, -0.2) is 54.5 Å². The molecule has 1 amide bonds. The number of ether oxygens (including phenoxy) is 1. The van der Waals surface area contributed by atoms with Gasteiger partial charge in [0.1, 0.15) is 5.75 Å². The Morgan fingerprint density at radius 2 is 2.04 bits per heavy atom. The summed E-state index contributed by atoms with van der Waals surface area (Å²) >= 11 is 1.76. The minimum Gasteiger partial charge on any atom is -0.496 e. The van der Waals surface area contributed by atoms with Crippen LogP contribution in [0, 0.1) is 12.8 Å². The lowest BCUT2D eigenvalue weighted by molar-refractivity contribution is -0.133. The van der Waals surface area contributed by atoms with Gasteiger partial charge in [0.2, 0.25) is 5.91 Å². The van der Waals surface area contributed by atoms with Crippen LogP contribution in [0.4, 0.5) is 0 Å². The minimum absolute atomic E-state index is 0.00718. The van der Waals surface area contributed by atoms with Gasteiger partial charge in [-0.1, -0.05) is 0 Å². The van der Waals surface area contributed by atoms with Crippen molar-refractivity contribution in [2.45, 2.75) is 25.8 Å². The van der Waals surface area contributed by atoms with E-state index in [0.717, 1.165) is 41.3 Å². The molecule has 0 aromatic heterocycles. The molecule has 2 saturated heterocycles. The van der Waals surface area contributed by atoms with E-state index in [0.29, 0.717) is 13.1 Å². The van der Waals surface area contributed by atoms with Gasteiger partial charge < -0.3 is 9.64 Å². The second-order valence-corrected chi connectivity index (χ2v) is 7.45. The third kappa shape index (κ3) is 3.59. The van der Waals surface area contributed by atoms with E-state index < -0.39 is 0 Å². The molecule has 1 atom stereocenters. The second-order valence-electron chi connectivity index (χ2n) is 6.42. The number of nitrogens with zero attached hydrogens (tertiary/aromatic N) is 1. The van der Waals surface area contributed by atoms with Crippen LogP contribution in [0.1, 0.15) is 28.8 Å². The first-order valence-corrected chi connectivity index (χ1v) is 9.54. The maximum absolute atomic E-state index is 12.7. The quantitative estimate of drug-likeness (QED) is 0.845. The Hall–Kier alpha value is -1.53. The van der Waals surface area contributed by atoms with E-state index in [2.05, 4.69) is 5.32 Å².